The quantitative estimate of drug-likeness (QED) is 0.909. The SMILES string of the molecule is CCC(N)(CN1CCCCCC1)c1ccc(Cl)cc1. The average Bonchev–Trinajstić information content (AvgIpc) is 2.68. The second-order valence-electron chi connectivity index (χ2n) is 5.71. The van der Waals surface area contributed by atoms with Gasteiger partial charge < -0.3 is 10.6 Å². The first-order valence-electron chi connectivity index (χ1n) is 7.41. The van der Waals surface area contributed by atoms with E-state index >= 15 is 0 Å². The Labute approximate surface area is 121 Å². The summed E-state index contributed by atoms with van der Waals surface area (Å²) >= 11 is 5.97. The predicted molar refractivity (Wildman–Crippen MR) is 82.5 cm³/mol. The molecule has 0 amide bonds. The fourth-order valence-corrected chi connectivity index (χ4v) is 3.01. The van der Waals surface area contributed by atoms with Crippen molar-refractivity contribution in [2.24, 2.45) is 5.73 Å². The second kappa shape index (κ2) is 6.74. The number of rotatable bonds is 4. The third-order valence-electron chi connectivity index (χ3n) is 4.25. The van der Waals surface area contributed by atoms with Gasteiger partial charge in [0.1, 0.15) is 0 Å². The fourth-order valence-electron chi connectivity index (χ4n) is 2.88. The van der Waals surface area contributed by atoms with E-state index in [0.717, 1.165) is 18.0 Å². The van der Waals surface area contributed by atoms with Crippen LogP contribution in [0.4, 0.5) is 0 Å². The first-order chi connectivity index (χ1) is 9.14. The van der Waals surface area contributed by atoms with Crippen LogP contribution in [0.15, 0.2) is 24.3 Å². The number of hydrogen-bond acceptors (Lipinski definition) is 2. The van der Waals surface area contributed by atoms with E-state index in [9.17, 15) is 0 Å². The molecule has 0 aromatic heterocycles. The summed E-state index contributed by atoms with van der Waals surface area (Å²) in [5.74, 6) is 0. The van der Waals surface area contributed by atoms with Gasteiger partial charge in [0.15, 0.2) is 0 Å². The number of benzene rings is 1. The molecule has 0 saturated carbocycles. The summed E-state index contributed by atoms with van der Waals surface area (Å²) in [6, 6.07) is 8.03. The van der Waals surface area contributed by atoms with E-state index in [1.54, 1.807) is 0 Å². The zero-order valence-corrected chi connectivity index (χ0v) is 12.6. The molecule has 1 aromatic rings. The smallest absolute Gasteiger partial charge is 0.0535 e. The highest BCUT2D eigenvalue weighted by Crippen LogP contribution is 2.26. The van der Waals surface area contributed by atoms with Crippen LogP contribution in [0.3, 0.4) is 0 Å². The van der Waals surface area contributed by atoms with Crippen molar-refractivity contribution in [1.82, 2.24) is 4.90 Å². The van der Waals surface area contributed by atoms with Crippen molar-refractivity contribution in [3.63, 3.8) is 0 Å². The van der Waals surface area contributed by atoms with Gasteiger partial charge in [-0.25, -0.2) is 0 Å². The molecule has 106 valence electrons. The first kappa shape index (κ1) is 14.8. The van der Waals surface area contributed by atoms with Crippen LogP contribution in [0, 0.1) is 0 Å². The summed E-state index contributed by atoms with van der Waals surface area (Å²) in [7, 11) is 0. The van der Waals surface area contributed by atoms with Crippen LogP contribution in [0.25, 0.3) is 0 Å². The molecule has 1 atom stereocenters. The summed E-state index contributed by atoms with van der Waals surface area (Å²) in [6.07, 6.45) is 6.29. The molecule has 1 aliphatic rings. The lowest BCUT2D eigenvalue weighted by atomic mass is 9.87. The van der Waals surface area contributed by atoms with Gasteiger partial charge in [0.05, 0.1) is 5.54 Å². The fraction of sp³-hybridized carbons (Fsp3) is 0.625. The predicted octanol–water partition coefficient (Wildman–Crippen LogP) is 3.78. The maximum atomic E-state index is 6.67. The zero-order chi connectivity index (χ0) is 13.7. The maximum Gasteiger partial charge on any atom is 0.0535 e. The minimum Gasteiger partial charge on any atom is -0.320 e. The minimum absolute atomic E-state index is 0.255. The largest absolute Gasteiger partial charge is 0.320 e. The number of halogens is 1. The molecular weight excluding hydrogens is 256 g/mol. The lowest BCUT2D eigenvalue weighted by Gasteiger charge is -2.35. The summed E-state index contributed by atoms with van der Waals surface area (Å²) < 4.78 is 0. The molecule has 1 aromatic carbocycles. The van der Waals surface area contributed by atoms with E-state index in [1.807, 2.05) is 12.1 Å². The van der Waals surface area contributed by atoms with Gasteiger partial charge in [-0.1, -0.05) is 43.5 Å². The number of hydrogen-bond donors (Lipinski definition) is 1. The van der Waals surface area contributed by atoms with Gasteiger partial charge in [-0.3, -0.25) is 0 Å². The molecule has 2 rings (SSSR count). The molecule has 0 radical (unpaired) electrons. The minimum atomic E-state index is -0.255. The molecule has 1 unspecified atom stereocenters. The first-order valence-corrected chi connectivity index (χ1v) is 7.79. The molecular formula is C16H25ClN2. The van der Waals surface area contributed by atoms with Crippen LogP contribution in [0.1, 0.15) is 44.6 Å². The Bertz CT molecular complexity index is 382. The maximum absolute atomic E-state index is 6.67. The number of nitrogens with two attached hydrogens (primary N) is 1. The van der Waals surface area contributed by atoms with Crippen LogP contribution < -0.4 is 5.73 Å². The Balaban J connectivity index is 2.10. The topological polar surface area (TPSA) is 29.3 Å². The molecule has 2 N–H and O–H groups in total. The number of likely N-dealkylation sites (tertiary alicyclic amines) is 1. The molecule has 1 saturated heterocycles. The van der Waals surface area contributed by atoms with E-state index in [0.29, 0.717) is 0 Å². The molecule has 1 heterocycles. The molecule has 19 heavy (non-hydrogen) atoms. The molecule has 3 heteroatoms. The summed E-state index contributed by atoms with van der Waals surface area (Å²) in [4.78, 5) is 2.53. The van der Waals surface area contributed by atoms with E-state index in [4.69, 9.17) is 17.3 Å². The van der Waals surface area contributed by atoms with Crippen LogP contribution in [0.5, 0.6) is 0 Å². The van der Waals surface area contributed by atoms with Gasteiger partial charge in [0.2, 0.25) is 0 Å². The Morgan fingerprint density at radius 3 is 2.21 bits per heavy atom. The lowest BCUT2D eigenvalue weighted by molar-refractivity contribution is 0.210. The van der Waals surface area contributed by atoms with Crippen LogP contribution in [-0.4, -0.2) is 24.5 Å². The molecule has 0 spiro atoms. The summed E-state index contributed by atoms with van der Waals surface area (Å²) in [5, 5.41) is 0.775. The van der Waals surface area contributed by atoms with Crippen LogP contribution >= 0.6 is 11.6 Å². The Hall–Kier alpha value is -0.570. The zero-order valence-electron chi connectivity index (χ0n) is 11.9. The van der Waals surface area contributed by atoms with Crippen molar-refractivity contribution >= 4 is 11.6 Å². The van der Waals surface area contributed by atoms with Gasteiger partial charge in [0.25, 0.3) is 0 Å². The normalized spacial score (nSPS) is 20.8. The average molecular weight is 281 g/mol. The molecule has 1 aliphatic heterocycles. The van der Waals surface area contributed by atoms with Crippen molar-refractivity contribution in [2.75, 3.05) is 19.6 Å². The lowest BCUT2D eigenvalue weighted by Crippen LogP contribution is -2.47. The van der Waals surface area contributed by atoms with Crippen molar-refractivity contribution in [3.05, 3.63) is 34.9 Å². The van der Waals surface area contributed by atoms with Gasteiger partial charge in [0, 0.05) is 11.6 Å². The number of nitrogens with zero attached hydrogens (tertiary/aromatic N) is 1. The highest BCUT2D eigenvalue weighted by molar-refractivity contribution is 6.30. The van der Waals surface area contributed by atoms with Crippen LogP contribution in [-0.2, 0) is 5.54 Å². The van der Waals surface area contributed by atoms with E-state index in [-0.39, 0.29) is 5.54 Å². The van der Waals surface area contributed by atoms with Gasteiger partial charge in [-0.15, -0.1) is 0 Å². The van der Waals surface area contributed by atoms with Gasteiger partial charge in [-0.05, 0) is 50.0 Å². The summed E-state index contributed by atoms with van der Waals surface area (Å²) in [6.45, 7) is 5.50. The van der Waals surface area contributed by atoms with Gasteiger partial charge >= 0.3 is 0 Å². The van der Waals surface area contributed by atoms with E-state index in [1.165, 1.54) is 44.3 Å². The molecule has 0 bridgehead atoms. The van der Waals surface area contributed by atoms with E-state index in [2.05, 4.69) is 24.0 Å². The highest BCUT2D eigenvalue weighted by atomic mass is 35.5. The van der Waals surface area contributed by atoms with Gasteiger partial charge in [-0.2, -0.15) is 0 Å². The second-order valence-corrected chi connectivity index (χ2v) is 6.14. The highest BCUT2D eigenvalue weighted by Gasteiger charge is 2.28. The van der Waals surface area contributed by atoms with Crippen molar-refractivity contribution in [1.29, 1.82) is 0 Å². The van der Waals surface area contributed by atoms with E-state index < -0.39 is 0 Å². The van der Waals surface area contributed by atoms with Crippen molar-refractivity contribution in [2.45, 2.75) is 44.6 Å². The summed E-state index contributed by atoms with van der Waals surface area (Å²) in [5.41, 5.74) is 7.61. The van der Waals surface area contributed by atoms with Crippen molar-refractivity contribution < 1.29 is 0 Å². The third-order valence-corrected chi connectivity index (χ3v) is 4.51. The van der Waals surface area contributed by atoms with Crippen LogP contribution in [0.2, 0.25) is 5.02 Å². The molecule has 1 fully saturated rings. The Kier molecular flexibility index (Phi) is 5.26. The van der Waals surface area contributed by atoms with Crippen molar-refractivity contribution in [3.8, 4) is 0 Å². The standard InChI is InChI=1S/C16H25ClN2/c1-2-16(18,14-7-9-15(17)10-8-14)13-19-11-5-3-4-6-12-19/h7-10H,2-6,11-13,18H2,1H3. The Morgan fingerprint density at radius 2 is 1.68 bits per heavy atom. The molecule has 2 nitrogen and oxygen atoms in total. The molecule has 0 aliphatic carbocycles. The monoisotopic (exact) mass is 280 g/mol. The Morgan fingerprint density at radius 1 is 1.11 bits per heavy atom. The third kappa shape index (κ3) is 3.95.